The fraction of sp³-hybridized carbons (Fsp3) is 0.176. The number of nitrogens with zero attached hydrogens (tertiary/aromatic N) is 2. The highest BCUT2D eigenvalue weighted by Gasteiger charge is 2.18. The van der Waals surface area contributed by atoms with E-state index in [1.165, 1.54) is 30.0 Å². The van der Waals surface area contributed by atoms with Gasteiger partial charge >= 0.3 is 0 Å². The molecule has 6 nitrogen and oxygen atoms in total. The lowest BCUT2D eigenvalue weighted by Gasteiger charge is -2.04. The van der Waals surface area contributed by atoms with E-state index >= 15 is 0 Å². The van der Waals surface area contributed by atoms with Gasteiger partial charge in [0.1, 0.15) is 5.56 Å². The van der Waals surface area contributed by atoms with Crippen LogP contribution in [0.5, 0.6) is 0 Å². The zero-order valence-corrected chi connectivity index (χ0v) is 12.9. The van der Waals surface area contributed by atoms with Crippen molar-refractivity contribution in [3.63, 3.8) is 0 Å². The Hall–Kier alpha value is -3.02. The summed E-state index contributed by atoms with van der Waals surface area (Å²) in [7, 11) is 0. The Kier molecular flexibility index (Phi) is 5.19. The van der Waals surface area contributed by atoms with E-state index in [9.17, 15) is 14.9 Å². The number of rotatable bonds is 5. The summed E-state index contributed by atoms with van der Waals surface area (Å²) in [5, 5.41) is 14.7. The van der Waals surface area contributed by atoms with Crippen LogP contribution in [0.25, 0.3) is 0 Å². The third-order valence-electron chi connectivity index (χ3n) is 3.33. The third kappa shape index (κ3) is 4.23. The molecule has 0 saturated carbocycles. The zero-order valence-electron chi connectivity index (χ0n) is 12.9. The Labute approximate surface area is 134 Å². The molecule has 0 saturated heterocycles. The minimum Gasteiger partial charge on any atom is -0.267 e. The van der Waals surface area contributed by atoms with Crippen molar-refractivity contribution in [3.05, 3.63) is 75.3 Å². The standard InChI is InChI=1S/C17H17N3O3/c1-12(2)14-9-7-13(8-10-14)11-18-19-17(21)15-5-3-4-6-16(15)20(22)23/h3-12H,1-2H3,(H,19,21)/b18-11-. The van der Waals surface area contributed by atoms with Crippen molar-refractivity contribution in [2.45, 2.75) is 19.8 Å². The molecule has 0 aliphatic heterocycles. The van der Waals surface area contributed by atoms with Crippen molar-refractivity contribution in [1.29, 1.82) is 0 Å². The maximum atomic E-state index is 12.0. The monoisotopic (exact) mass is 311 g/mol. The Morgan fingerprint density at radius 2 is 1.83 bits per heavy atom. The number of para-hydroxylation sites is 1. The number of amides is 1. The first-order chi connectivity index (χ1) is 11.0. The fourth-order valence-corrected chi connectivity index (χ4v) is 2.02. The van der Waals surface area contributed by atoms with Crippen LogP contribution in [0, 0.1) is 10.1 Å². The normalized spacial score (nSPS) is 10.9. The van der Waals surface area contributed by atoms with Crippen molar-refractivity contribution in [3.8, 4) is 0 Å². The summed E-state index contributed by atoms with van der Waals surface area (Å²) in [5.74, 6) is -0.174. The van der Waals surface area contributed by atoms with Crippen molar-refractivity contribution >= 4 is 17.8 Å². The first-order valence-electron chi connectivity index (χ1n) is 7.16. The van der Waals surface area contributed by atoms with Gasteiger partial charge in [0.25, 0.3) is 11.6 Å². The lowest BCUT2D eigenvalue weighted by molar-refractivity contribution is -0.385. The van der Waals surface area contributed by atoms with Crippen molar-refractivity contribution in [2.24, 2.45) is 5.10 Å². The Morgan fingerprint density at radius 3 is 2.43 bits per heavy atom. The molecule has 118 valence electrons. The van der Waals surface area contributed by atoms with Gasteiger partial charge in [-0.25, -0.2) is 5.43 Å². The zero-order chi connectivity index (χ0) is 16.8. The molecule has 0 aliphatic rings. The predicted molar refractivity (Wildman–Crippen MR) is 88.7 cm³/mol. The first-order valence-corrected chi connectivity index (χ1v) is 7.16. The summed E-state index contributed by atoms with van der Waals surface area (Å²) < 4.78 is 0. The Balaban J connectivity index is 2.05. The predicted octanol–water partition coefficient (Wildman–Crippen LogP) is 3.48. The quantitative estimate of drug-likeness (QED) is 0.521. The van der Waals surface area contributed by atoms with Gasteiger partial charge in [0, 0.05) is 6.07 Å². The molecule has 0 atom stereocenters. The summed E-state index contributed by atoms with van der Waals surface area (Å²) in [4.78, 5) is 22.3. The van der Waals surface area contributed by atoms with E-state index in [0.717, 1.165) is 5.56 Å². The van der Waals surface area contributed by atoms with Crippen LogP contribution >= 0.6 is 0 Å². The second-order valence-corrected chi connectivity index (χ2v) is 5.29. The molecule has 0 fully saturated rings. The van der Waals surface area contributed by atoms with Gasteiger partial charge in [0.15, 0.2) is 0 Å². The van der Waals surface area contributed by atoms with E-state index < -0.39 is 10.8 Å². The number of nitro groups is 1. The summed E-state index contributed by atoms with van der Waals surface area (Å²) >= 11 is 0. The summed E-state index contributed by atoms with van der Waals surface area (Å²) in [5.41, 5.74) is 4.08. The molecular formula is C17H17N3O3. The van der Waals surface area contributed by atoms with Crippen LogP contribution in [0.4, 0.5) is 5.69 Å². The molecule has 2 aromatic rings. The van der Waals surface area contributed by atoms with Gasteiger partial charge in [0.05, 0.1) is 11.1 Å². The highest BCUT2D eigenvalue weighted by atomic mass is 16.6. The van der Waals surface area contributed by atoms with Gasteiger partial charge in [-0.1, -0.05) is 50.2 Å². The minimum atomic E-state index is -0.618. The number of nitro benzene ring substituents is 1. The Morgan fingerprint density at radius 1 is 1.17 bits per heavy atom. The van der Waals surface area contributed by atoms with E-state index in [0.29, 0.717) is 5.92 Å². The highest BCUT2D eigenvalue weighted by Crippen LogP contribution is 2.17. The second-order valence-electron chi connectivity index (χ2n) is 5.29. The summed E-state index contributed by atoms with van der Waals surface area (Å²) in [6.45, 7) is 4.21. The SMILES string of the molecule is CC(C)c1ccc(/C=N\NC(=O)c2ccccc2[N+](=O)[O-])cc1. The number of nitrogens with one attached hydrogen (secondary N) is 1. The molecule has 23 heavy (non-hydrogen) atoms. The molecule has 2 rings (SSSR count). The maximum Gasteiger partial charge on any atom is 0.282 e. The van der Waals surface area contributed by atoms with Gasteiger partial charge in [-0.3, -0.25) is 14.9 Å². The van der Waals surface area contributed by atoms with Crippen LogP contribution in [0.1, 0.15) is 41.3 Å². The molecule has 2 aromatic carbocycles. The number of carbonyl (C=O) groups excluding carboxylic acids is 1. The molecule has 1 amide bonds. The van der Waals surface area contributed by atoms with Crippen molar-refractivity contribution in [2.75, 3.05) is 0 Å². The van der Waals surface area contributed by atoms with Crippen LogP contribution < -0.4 is 5.43 Å². The molecule has 0 aromatic heterocycles. The van der Waals surface area contributed by atoms with Crippen LogP contribution in [0.15, 0.2) is 53.6 Å². The molecule has 6 heteroatoms. The van der Waals surface area contributed by atoms with Gasteiger partial charge in [-0.2, -0.15) is 5.10 Å². The van der Waals surface area contributed by atoms with E-state index in [-0.39, 0.29) is 11.3 Å². The maximum absolute atomic E-state index is 12.0. The van der Waals surface area contributed by atoms with E-state index in [1.54, 1.807) is 6.07 Å². The number of carbonyl (C=O) groups is 1. The van der Waals surface area contributed by atoms with Gasteiger partial charge in [0.2, 0.25) is 0 Å². The highest BCUT2D eigenvalue weighted by molar-refractivity contribution is 5.98. The van der Waals surface area contributed by atoms with Crippen molar-refractivity contribution < 1.29 is 9.72 Å². The molecule has 0 unspecified atom stereocenters. The molecule has 0 spiro atoms. The van der Waals surface area contributed by atoms with Crippen LogP contribution in [0.3, 0.4) is 0 Å². The van der Waals surface area contributed by atoms with Crippen LogP contribution in [-0.4, -0.2) is 17.0 Å². The topological polar surface area (TPSA) is 84.6 Å². The summed E-state index contributed by atoms with van der Waals surface area (Å²) in [6, 6.07) is 13.5. The fourth-order valence-electron chi connectivity index (χ4n) is 2.02. The molecule has 1 N–H and O–H groups in total. The molecule has 0 radical (unpaired) electrons. The third-order valence-corrected chi connectivity index (χ3v) is 3.33. The van der Waals surface area contributed by atoms with Crippen molar-refractivity contribution in [1.82, 2.24) is 5.43 Å². The lowest BCUT2D eigenvalue weighted by atomic mass is 10.0. The smallest absolute Gasteiger partial charge is 0.267 e. The average Bonchev–Trinajstić information content (AvgIpc) is 2.55. The molecule has 0 aliphatic carbocycles. The molecule has 0 heterocycles. The number of benzene rings is 2. The summed E-state index contributed by atoms with van der Waals surface area (Å²) in [6.07, 6.45) is 1.50. The van der Waals surface area contributed by atoms with E-state index in [2.05, 4.69) is 24.4 Å². The molecule has 0 bridgehead atoms. The molecular weight excluding hydrogens is 294 g/mol. The second kappa shape index (κ2) is 7.31. The first kappa shape index (κ1) is 16.4. The minimum absolute atomic E-state index is 0.0233. The van der Waals surface area contributed by atoms with Gasteiger partial charge < -0.3 is 0 Å². The average molecular weight is 311 g/mol. The van der Waals surface area contributed by atoms with Crippen LogP contribution in [-0.2, 0) is 0 Å². The van der Waals surface area contributed by atoms with E-state index in [1.807, 2.05) is 24.3 Å². The number of hydrogen-bond donors (Lipinski definition) is 1. The largest absolute Gasteiger partial charge is 0.282 e. The number of hydrazone groups is 1. The van der Waals surface area contributed by atoms with Crippen LogP contribution in [0.2, 0.25) is 0 Å². The van der Waals surface area contributed by atoms with Gasteiger partial charge in [-0.05, 0) is 23.1 Å². The number of hydrogen-bond acceptors (Lipinski definition) is 4. The lowest BCUT2D eigenvalue weighted by Crippen LogP contribution is -2.18. The Bertz CT molecular complexity index is 737. The van der Waals surface area contributed by atoms with Gasteiger partial charge in [-0.15, -0.1) is 0 Å². The van der Waals surface area contributed by atoms with E-state index in [4.69, 9.17) is 0 Å².